The van der Waals surface area contributed by atoms with Crippen LogP contribution in [0.2, 0.25) is 0 Å². The van der Waals surface area contributed by atoms with E-state index in [2.05, 4.69) is 53.2 Å². The first-order valence-electron chi connectivity index (χ1n) is 9.15. The third-order valence-corrected chi connectivity index (χ3v) is 5.79. The fourth-order valence-electron chi connectivity index (χ4n) is 3.03. The number of carbonyl (C=O) groups is 1. The van der Waals surface area contributed by atoms with Gasteiger partial charge in [0.25, 0.3) is 0 Å². The van der Waals surface area contributed by atoms with E-state index in [-0.39, 0.29) is 41.2 Å². The summed E-state index contributed by atoms with van der Waals surface area (Å²) < 4.78 is 0. The number of anilines is 1. The lowest BCUT2D eigenvalue weighted by molar-refractivity contribution is -0.116. The van der Waals surface area contributed by atoms with Gasteiger partial charge in [-0.05, 0) is 11.6 Å². The SMILES string of the molecule is CN=C(NCc1csc(C(C)(C)C)n1)NCC1CC(=O)Nc2ccccc21.I. The maximum atomic E-state index is 12.0. The molecule has 0 saturated carbocycles. The number of aliphatic imine (C=N–C) groups is 1. The number of guanidine groups is 1. The molecule has 0 spiro atoms. The molecule has 0 bridgehead atoms. The average Bonchev–Trinajstić information content (AvgIpc) is 3.11. The monoisotopic (exact) mass is 513 g/mol. The summed E-state index contributed by atoms with van der Waals surface area (Å²) in [6.07, 6.45) is 0.474. The molecular formula is C20H28IN5OS. The van der Waals surface area contributed by atoms with Crippen LogP contribution in [-0.2, 0) is 16.8 Å². The largest absolute Gasteiger partial charge is 0.356 e. The average molecular weight is 513 g/mol. The summed E-state index contributed by atoms with van der Waals surface area (Å²) in [5.74, 6) is 0.893. The van der Waals surface area contributed by atoms with Crippen molar-refractivity contribution in [3.8, 4) is 0 Å². The van der Waals surface area contributed by atoms with Gasteiger partial charge in [-0.3, -0.25) is 9.79 Å². The second-order valence-corrected chi connectivity index (χ2v) is 8.60. The highest BCUT2D eigenvalue weighted by Gasteiger charge is 2.24. The molecule has 1 aromatic carbocycles. The number of nitrogens with one attached hydrogen (secondary N) is 3. The van der Waals surface area contributed by atoms with Gasteiger partial charge in [-0.25, -0.2) is 4.98 Å². The van der Waals surface area contributed by atoms with Gasteiger partial charge >= 0.3 is 0 Å². The van der Waals surface area contributed by atoms with Crippen molar-refractivity contribution in [2.24, 2.45) is 4.99 Å². The van der Waals surface area contributed by atoms with Crippen molar-refractivity contribution in [1.29, 1.82) is 0 Å². The molecule has 3 rings (SSSR count). The van der Waals surface area contributed by atoms with Crippen LogP contribution in [0, 0.1) is 0 Å². The van der Waals surface area contributed by atoms with Crippen molar-refractivity contribution in [1.82, 2.24) is 15.6 Å². The Bertz CT molecular complexity index is 843. The molecule has 0 aliphatic carbocycles. The molecule has 6 nitrogen and oxygen atoms in total. The van der Waals surface area contributed by atoms with Crippen LogP contribution in [0.3, 0.4) is 0 Å². The molecule has 1 amide bonds. The van der Waals surface area contributed by atoms with Gasteiger partial charge in [-0.1, -0.05) is 39.0 Å². The van der Waals surface area contributed by atoms with Gasteiger partial charge in [-0.2, -0.15) is 0 Å². The van der Waals surface area contributed by atoms with Gasteiger partial charge in [-0.15, -0.1) is 35.3 Å². The first-order chi connectivity index (χ1) is 12.9. The van der Waals surface area contributed by atoms with E-state index < -0.39 is 0 Å². The van der Waals surface area contributed by atoms with Crippen LogP contribution >= 0.6 is 35.3 Å². The Balaban J connectivity index is 0.00000280. The van der Waals surface area contributed by atoms with E-state index in [0.29, 0.717) is 25.5 Å². The molecular weight excluding hydrogens is 485 g/mol. The summed E-state index contributed by atoms with van der Waals surface area (Å²) in [7, 11) is 1.75. The highest BCUT2D eigenvalue weighted by molar-refractivity contribution is 14.0. The smallest absolute Gasteiger partial charge is 0.225 e. The number of hydrogen-bond donors (Lipinski definition) is 3. The van der Waals surface area contributed by atoms with Crippen LogP contribution in [0.15, 0.2) is 34.6 Å². The number of aromatic nitrogens is 1. The quantitative estimate of drug-likeness (QED) is 0.330. The molecule has 1 atom stereocenters. The molecule has 152 valence electrons. The molecule has 1 aliphatic heterocycles. The molecule has 2 aromatic rings. The summed E-state index contributed by atoms with van der Waals surface area (Å²) in [6.45, 7) is 7.77. The van der Waals surface area contributed by atoms with E-state index in [4.69, 9.17) is 4.98 Å². The zero-order valence-electron chi connectivity index (χ0n) is 16.7. The second-order valence-electron chi connectivity index (χ2n) is 7.74. The summed E-state index contributed by atoms with van der Waals surface area (Å²) >= 11 is 1.69. The topological polar surface area (TPSA) is 78.4 Å². The number of halogens is 1. The Kier molecular flexibility index (Phi) is 7.82. The van der Waals surface area contributed by atoms with E-state index in [0.717, 1.165) is 22.0 Å². The number of nitrogens with zero attached hydrogens (tertiary/aromatic N) is 2. The van der Waals surface area contributed by atoms with Gasteiger partial charge in [0, 0.05) is 42.4 Å². The highest BCUT2D eigenvalue weighted by Crippen LogP contribution is 2.31. The zero-order valence-corrected chi connectivity index (χ0v) is 19.9. The van der Waals surface area contributed by atoms with Gasteiger partial charge < -0.3 is 16.0 Å². The Morgan fingerprint density at radius 2 is 2.07 bits per heavy atom. The van der Waals surface area contributed by atoms with Gasteiger partial charge in [0.2, 0.25) is 5.91 Å². The van der Waals surface area contributed by atoms with Gasteiger partial charge in [0.1, 0.15) is 0 Å². The third-order valence-electron chi connectivity index (χ3n) is 4.48. The normalized spacial score (nSPS) is 16.6. The van der Waals surface area contributed by atoms with Gasteiger partial charge in [0.05, 0.1) is 17.2 Å². The van der Waals surface area contributed by atoms with E-state index in [1.807, 2.05) is 18.2 Å². The van der Waals surface area contributed by atoms with Crippen LogP contribution < -0.4 is 16.0 Å². The van der Waals surface area contributed by atoms with E-state index in [1.165, 1.54) is 0 Å². The number of para-hydroxylation sites is 1. The predicted octanol–water partition coefficient (Wildman–Crippen LogP) is 3.85. The maximum Gasteiger partial charge on any atom is 0.225 e. The predicted molar refractivity (Wildman–Crippen MR) is 127 cm³/mol. The first-order valence-corrected chi connectivity index (χ1v) is 10.0. The molecule has 2 heterocycles. The third kappa shape index (κ3) is 5.66. The van der Waals surface area contributed by atoms with Crippen LogP contribution in [0.25, 0.3) is 0 Å². The molecule has 1 aliphatic rings. The van der Waals surface area contributed by atoms with Crippen molar-refractivity contribution in [3.63, 3.8) is 0 Å². The molecule has 0 radical (unpaired) electrons. The number of amides is 1. The molecule has 0 fully saturated rings. The molecule has 28 heavy (non-hydrogen) atoms. The van der Waals surface area contributed by atoms with Crippen LogP contribution in [0.5, 0.6) is 0 Å². The summed E-state index contributed by atoms with van der Waals surface area (Å²) in [4.78, 5) is 20.9. The minimum atomic E-state index is 0. The first kappa shape index (κ1) is 22.6. The Morgan fingerprint density at radius 1 is 1.32 bits per heavy atom. The lowest BCUT2D eigenvalue weighted by atomic mass is 9.90. The second kappa shape index (κ2) is 9.69. The zero-order chi connectivity index (χ0) is 19.4. The summed E-state index contributed by atoms with van der Waals surface area (Å²) in [6, 6.07) is 7.96. The minimum Gasteiger partial charge on any atom is -0.356 e. The number of benzene rings is 1. The Labute approximate surface area is 187 Å². The highest BCUT2D eigenvalue weighted by atomic mass is 127. The number of thiazole rings is 1. The van der Waals surface area contributed by atoms with E-state index in [1.54, 1.807) is 18.4 Å². The molecule has 1 aromatic heterocycles. The number of carbonyl (C=O) groups excluding carboxylic acids is 1. The maximum absolute atomic E-state index is 12.0. The van der Waals surface area contributed by atoms with Crippen molar-refractivity contribution in [2.45, 2.75) is 45.1 Å². The lowest BCUT2D eigenvalue weighted by Crippen LogP contribution is -2.40. The molecule has 1 unspecified atom stereocenters. The van der Waals surface area contributed by atoms with Crippen molar-refractivity contribution < 1.29 is 4.79 Å². The number of fused-ring (bicyclic) bond motifs is 1. The van der Waals surface area contributed by atoms with Crippen LogP contribution in [0.4, 0.5) is 5.69 Å². The Morgan fingerprint density at radius 3 is 2.75 bits per heavy atom. The summed E-state index contributed by atoms with van der Waals surface area (Å²) in [5.41, 5.74) is 3.14. The Hall–Kier alpha value is -1.68. The van der Waals surface area contributed by atoms with Crippen molar-refractivity contribution in [2.75, 3.05) is 18.9 Å². The van der Waals surface area contributed by atoms with Crippen LogP contribution in [0.1, 0.15) is 49.4 Å². The molecule has 3 N–H and O–H groups in total. The fraction of sp³-hybridized carbons (Fsp3) is 0.450. The lowest BCUT2D eigenvalue weighted by Gasteiger charge is -2.26. The van der Waals surface area contributed by atoms with Gasteiger partial charge in [0.15, 0.2) is 5.96 Å². The van der Waals surface area contributed by atoms with Crippen molar-refractivity contribution in [3.05, 3.63) is 45.9 Å². The van der Waals surface area contributed by atoms with E-state index >= 15 is 0 Å². The number of rotatable bonds is 4. The van der Waals surface area contributed by atoms with Crippen molar-refractivity contribution >= 4 is 52.9 Å². The fourth-order valence-corrected chi connectivity index (χ4v) is 3.94. The number of hydrogen-bond acceptors (Lipinski definition) is 4. The molecule has 0 saturated heterocycles. The van der Waals surface area contributed by atoms with Crippen LogP contribution in [-0.4, -0.2) is 30.4 Å². The summed E-state index contributed by atoms with van der Waals surface area (Å²) in [5, 5.41) is 12.8. The standard InChI is InChI=1S/C20H27N5OS.HI/c1-20(2,3)18-24-14(12-27-18)11-23-19(21-4)22-10-13-9-17(26)25-16-8-6-5-7-15(13)16;/h5-8,12-13H,9-11H2,1-4H3,(H,25,26)(H2,21,22,23);1H. The molecule has 8 heteroatoms. The minimum absolute atomic E-state index is 0. The van der Waals surface area contributed by atoms with E-state index in [9.17, 15) is 4.79 Å².